The van der Waals surface area contributed by atoms with E-state index in [9.17, 15) is 18.3 Å². The largest absolute Gasteiger partial charge is 0.394 e. The molecule has 1 aromatic heterocycles. The minimum atomic E-state index is -3.54. The summed E-state index contributed by atoms with van der Waals surface area (Å²) in [7, 11) is -2.10. The Morgan fingerprint density at radius 1 is 1.34 bits per heavy atom. The molecule has 2 aliphatic rings. The first-order chi connectivity index (χ1) is 15.2. The highest BCUT2D eigenvalue weighted by molar-refractivity contribution is 8.02. The number of rotatable bonds is 12. The van der Waals surface area contributed by atoms with Gasteiger partial charge < -0.3 is 15.3 Å². The summed E-state index contributed by atoms with van der Waals surface area (Å²) in [6.45, 7) is 3.55. The highest BCUT2D eigenvalue weighted by atomic mass is 32.2. The number of anilines is 2. The molecule has 0 unspecified atom stereocenters. The van der Waals surface area contributed by atoms with Crippen LogP contribution in [0, 0.1) is 5.92 Å². The lowest BCUT2D eigenvalue weighted by Crippen LogP contribution is -2.38. The van der Waals surface area contributed by atoms with Gasteiger partial charge in [-0.05, 0) is 55.6 Å². The van der Waals surface area contributed by atoms with Gasteiger partial charge >= 0.3 is 0 Å². The van der Waals surface area contributed by atoms with Crippen LogP contribution < -0.4 is 14.5 Å². The number of hydrogen-bond donors (Lipinski definition) is 2. The van der Waals surface area contributed by atoms with Gasteiger partial charge in [-0.3, -0.25) is 9.10 Å². The number of nitrogens with one attached hydrogen (secondary N) is 1. The fourth-order valence-corrected chi connectivity index (χ4v) is 5.01. The van der Waals surface area contributed by atoms with Gasteiger partial charge in [-0.25, -0.2) is 13.4 Å². The van der Waals surface area contributed by atoms with Crippen molar-refractivity contribution in [1.29, 1.82) is 0 Å². The lowest BCUT2D eigenvalue weighted by atomic mass is 10.1. The molecule has 1 amide bonds. The third kappa shape index (κ3) is 6.86. The Labute approximate surface area is 195 Å². The molecule has 1 aliphatic heterocycles. The van der Waals surface area contributed by atoms with Crippen LogP contribution in [-0.2, 0) is 10.0 Å². The molecule has 1 aliphatic carbocycles. The molecule has 10 heteroatoms. The zero-order chi connectivity index (χ0) is 23.3. The molecule has 0 bridgehead atoms. The molecule has 2 N–H and O–H groups in total. The van der Waals surface area contributed by atoms with E-state index in [0.29, 0.717) is 23.7 Å². The second kappa shape index (κ2) is 10.9. The van der Waals surface area contributed by atoms with Gasteiger partial charge in [-0.1, -0.05) is 12.5 Å². The minimum absolute atomic E-state index is 0.161. The van der Waals surface area contributed by atoms with Crippen LogP contribution in [0.2, 0.25) is 0 Å². The van der Waals surface area contributed by atoms with Gasteiger partial charge in [-0.15, -0.1) is 11.8 Å². The molecule has 0 saturated heterocycles. The van der Waals surface area contributed by atoms with Crippen LogP contribution in [0.3, 0.4) is 0 Å². The fraction of sp³-hybridized carbons (Fsp3) is 0.636. The summed E-state index contributed by atoms with van der Waals surface area (Å²) in [6, 6.07) is 2.84. The smallest absolute Gasteiger partial charge is 0.251 e. The number of carbonyl (C=O) groups is 1. The molecule has 178 valence electrons. The monoisotopic (exact) mass is 482 g/mol. The number of amides is 1. The number of hydrogen-bond acceptors (Lipinski definition) is 7. The van der Waals surface area contributed by atoms with Crippen molar-refractivity contribution in [3.8, 4) is 0 Å². The van der Waals surface area contributed by atoms with Crippen molar-refractivity contribution in [3.05, 3.63) is 28.7 Å². The topological polar surface area (TPSA) is 103 Å². The molecule has 1 saturated carbocycles. The van der Waals surface area contributed by atoms with Crippen molar-refractivity contribution in [2.24, 2.45) is 5.92 Å². The lowest BCUT2D eigenvalue weighted by molar-refractivity contribution is 0.0916. The number of aliphatic hydroxyl groups is 1. The summed E-state index contributed by atoms with van der Waals surface area (Å²) < 4.78 is 25.4. The zero-order valence-corrected chi connectivity index (χ0v) is 20.7. The van der Waals surface area contributed by atoms with Crippen molar-refractivity contribution in [2.45, 2.75) is 45.1 Å². The standard InChI is InChI=1S/C22H34N4O4S2/c1-4-8-26(13-16-5-6-16)21-12-18(11-20(24-21)25(2)32(3,29)30)22(28)23-19(14-27)10-17-7-9-31-15-17/h11-12,15-16,19,27H,4-10,13-14H2,1-3H3,(H,23,28)/t19-/m0/s1. The average Bonchev–Trinajstić information content (AvgIpc) is 3.43. The normalized spacial score (nSPS) is 17.1. The molecule has 0 aromatic carbocycles. The number of carbonyl (C=O) groups excluding carboxylic acids is 1. The predicted octanol–water partition coefficient (Wildman–Crippen LogP) is 2.61. The van der Waals surface area contributed by atoms with E-state index in [1.807, 2.05) is 0 Å². The van der Waals surface area contributed by atoms with Gasteiger partial charge in [0.05, 0.1) is 18.9 Å². The van der Waals surface area contributed by atoms with Crippen molar-refractivity contribution in [3.63, 3.8) is 0 Å². The summed E-state index contributed by atoms with van der Waals surface area (Å²) in [5.74, 6) is 2.12. The number of aliphatic hydroxyl groups excluding tert-OH is 1. The van der Waals surface area contributed by atoms with Gasteiger partial charge in [-0.2, -0.15) is 0 Å². The highest BCUT2D eigenvalue weighted by Gasteiger charge is 2.27. The molecule has 1 aromatic rings. The Morgan fingerprint density at radius 3 is 2.62 bits per heavy atom. The maximum Gasteiger partial charge on any atom is 0.251 e. The van der Waals surface area contributed by atoms with E-state index >= 15 is 0 Å². The van der Waals surface area contributed by atoms with Crippen molar-refractivity contribution >= 4 is 39.3 Å². The van der Waals surface area contributed by atoms with Gasteiger partial charge in [0.2, 0.25) is 10.0 Å². The summed E-state index contributed by atoms with van der Waals surface area (Å²) in [5.41, 5.74) is 1.56. The second-order valence-corrected chi connectivity index (χ2v) is 11.6. The molecule has 8 nitrogen and oxygen atoms in total. The molecule has 2 heterocycles. The van der Waals surface area contributed by atoms with Gasteiger partial charge in [0.15, 0.2) is 0 Å². The van der Waals surface area contributed by atoms with Crippen LogP contribution in [-0.4, -0.2) is 69.2 Å². The van der Waals surface area contributed by atoms with E-state index in [0.717, 1.165) is 42.2 Å². The van der Waals surface area contributed by atoms with E-state index in [2.05, 4.69) is 27.5 Å². The molecule has 1 atom stereocenters. The number of nitrogens with zero attached hydrogens (tertiary/aromatic N) is 3. The molecular weight excluding hydrogens is 448 g/mol. The summed E-state index contributed by atoms with van der Waals surface area (Å²) in [5, 5.41) is 14.8. The van der Waals surface area contributed by atoms with Crippen molar-refractivity contribution < 1.29 is 18.3 Å². The number of aromatic nitrogens is 1. The van der Waals surface area contributed by atoms with Crippen LogP contribution in [0.5, 0.6) is 0 Å². The van der Waals surface area contributed by atoms with E-state index in [-0.39, 0.29) is 18.3 Å². The molecule has 0 spiro atoms. The first kappa shape index (κ1) is 24.9. The summed E-state index contributed by atoms with van der Waals surface area (Å²) in [6.07, 6.45) is 5.97. The molecular formula is C22H34N4O4S2. The molecule has 0 radical (unpaired) electrons. The Bertz CT molecular complexity index is 947. The first-order valence-corrected chi connectivity index (χ1v) is 14.0. The van der Waals surface area contributed by atoms with Gasteiger partial charge in [0.1, 0.15) is 11.6 Å². The number of thioether (sulfide) groups is 1. The SMILES string of the molecule is CCCN(CC1CC1)c1cc(C(=O)N[C@H](CO)CC2=CSCC2)cc(N(C)S(C)(=O)=O)n1. The Kier molecular flexibility index (Phi) is 8.46. The second-order valence-electron chi connectivity index (χ2n) is 8.65. The van der Waals surface area contributed by atoms with Gasteiger partial charge in [0.25, 0.3) is 5.91 Å². The summed E-state index contributed by atoms with van der Waals surface area (Å²) in [4.78, 5) is 19.9. The lowest BCUT2D eigenvalue weighted by Gasteiger charge is -2.26. The predicted molar refractivity (Wildman–Crippen MR) is 131 cm³/mol. The fourth-order valence-electron chi connectivity index (χ4n) is 3.63. The number of pyridine rings is 1. The van der Waals surface area contributed by atoms with Crippen LogP contribution in [0.1, 0.15) is 49.4 Å². The van der Waals surface area contributed by atoms with Crippen molar-refractivity contribution in [1.82, 2.24) is 10.3 Å². The maximum absolute atomic E-state index is 13.1. The van der Waals surface area contributed by atoms with Crippen LogP contribution in [0.4, 0.5) is 11.6 Å². The average molecular weight is 483 g/mol. The van der Waals surface area contributed by atoms with Crippen LogP contribution in [0.25, 0.3) is 0 Å². The quantitative estimate of drug-likeness (QED) is 0.472. The highest BCUT2D eigenvalue weighted by Crippen LogP contribution is 2.32. The van der Waals surface area contributed by atoms with Gasteiger partial charge in [0, 0.05) is 31.5 Å². The van der Waals surface area contributed by atoms with E-state index < -0.39 is 16.1 Å². The Balaban J connectivity index is 1.88. The molecule has 32 heavy (non-hydrogen) atoms. The van der Waals surface area contributed by atoms with Crippen LogP contribution >= 0.6 is 11.8 Å². The molecule has 3 rings (SSSR count). The van der Waals surface area contributed by atoms with Crippen LogP contribution in [0.15, 0.2) is 23.1 Å². The Hall–Kier alpha value is -1.78. The third-order valence-electron chi connectivity index (χ3n) is 5.73. The molecule has 1 fully saturated rings. The van der Waals surface area contributed by atoms with E-state index in [1.165, 1.54) is 31.5 Å². The van der Waals surface area contributed by atoms with E-state index in [4.69, 9.17) is 0 Å². The Morgan fingerprint density at radius 2 is 2.06 bits per heavy atom. The minimum Gasteiger partial charge on any atom is -0.394 e. The van der Waals surface area contributed by atoms with Crippen molar-refractivity contribution in [2.75, 3.05) is 48.0 Å². The van der Waals surface area contributed by atoms with E-state index in [1.54, 1.807) is 17.8 Å². The maximum atomic E-state index is 13.1. The first-order valence-electron chi connectivity index (χ1n) is 11.1. The number of sulfonamides is 1. The third-order valence-corrected chi connectivity index (χ3v) is 7.85. The summed E-state index contributed by atoms with van der Waals surface area (Å²) >= 11 is 1.74. The zero-order valence-electron chi connectivity index (χ0n) is 19.1.